The van der Waals surface area contributed by atoms with Crippen LogP contribution in [-0.2, 0) is 6.54 Å². The highest BCUT2D eigenvalue weighted by Gasteiger charge is 2.28. The van der Waals surface area contributed by atoms with Gasteiger partial charge in [-0.15, -0.1) is 0 Å². The zero-order valence-corrected chi connectivity index (χ0v) is 14.5. The third-order valence-electron chi connectivity index (χ3n) is 4.22. The van der Waals surface area contributed by atoms with E-state index in [2.05, 4.69) is 0 Å². The topological polar surface area (TPSA) is 29.5 Å². The lowest BCUT2D eigenvalue weighted by molar-refractivity contribution is 0.0985. The van der Waals surface area contributed by atoms with Crippen LogP contribution >= 0.6 is 11.6 Å². The number of amides is 1. The molecule has 25 heavy (non-hydrogen) atoms. The highest BCUT2D eigenvalue weighted by atomic mass is 35.5. The number of hydrogen-bond donors (Lipinski definition) is 0. The fourth-order valence-corrected chi connectivity index (χ4v) is 3.22. The number of carbonyl (C=O) groups excluding carboxylic acids is 1. The molecule has 0 aromatic heterocycles. The van der Waals surface area contributed by atoms with Crippen LogP contribution in [0.4, 0.5) is 5.69 Å². The molecule has 3 aromatic carbocycles. The third kappa shape index (κ3) is 2.99. The number of aryl methyl sites for hydroxylation is 1. The van der Waals surface area contributed by atoms with Gasteiger partial charge in [0.2, 0.25) is 0 Å². The van der Waals surface area contributed by atoms with Crippen molar-refractivity contribution in [2.24, 2.45) is 0 Å². The maximum absolute atomic E-state index is 13.2. The van der Waals surface area contributed by atoms with Crippen LogP contribution < -0.4 is 9.64 Å². The molecule has 0 unspecified atom stereocenters. The maximum atomic E-state index is 13.2. The van der Waals surface area contributed by atoms with Crippen LogP contribution in [0.1, 0.15) is 21.5 Å². The van der Waals surface area contributed by atoms with Crippen LogP contribution in [0.25, 0.3) is 0 Å². The first-order valence-electron chi connectivity index (χ1n) is 8.06. The van der Waals surface area contributed by atoms with Crippen molar-refractivity contribution in [2.45, 2.75) is 13.5 Å². The molecule has 0 saturated carbocycles. The Labute approximate surface area is 151 Å². The number of halogens is 1. The lowest BCUT2D eigenvalue weighted by atomic mass is 10.1. The van der Waals surface area contributed by atoms with Gasteiger partial charge in [-0.3, -0.25) is 4.79 Å². The largest absolute Gasteiger partial charge is 0.454 e. The summed E-state index contributed by atoms with van der Waals surface area (Å²) in [6.07, 6.45) is 0. The minimum absolute atomic E-state index is 0.0834. The quantitative estimate of drug-likeness (QED) is 0.602. The van der Waals surface area contributed by atoms with Crippen LogP contribution in [0, 0.1) is 6.92 Å². The molecule has 0 fully saturated rings. The van der Waals surface area contributed by atoms with E-state index in [-0.39, 0.29) is 5.91 Å². The van der Waals surface area contributed by atoms with Crippen molar-refractivity contribution in [3.05, 3.63) is 88.4 Å². The fraction of sp³-hybridized carbons (Fsp3) is 0.0952. The Morgan fingerprint density at radius 3 is 2.64 bits per heavy atom. The lowest BCUT2D eigenvalue weighted by Crippen LogP contribution is -2.29. The minimum Gasteiger partial charge on any atom is -0.454 e. The van der Waals surface area contributed by atoms with Crippen molar-refractivity contribution < 1.29 is 9.53 Å². The van der Waals surface area contributed by atoms with Crippen molar-refractivity contribution in [3.63, 3.8) is 0 Å². The average molecular weight is 350 g/mol. The van der Waals surface area contributed by atoms with E-state index in [1.807, 2.05) is 67.6 Å². The van der Waals surface area contributed by atoms with E-state index < -0.39 is 0 Å². The van der Waals surface area contributed by atoms with E-state index in [0.717, 1.165) is 16.8 Å². The Morgan fingerprint density at radius 2 is 1.80 bits per heavy atom. The maximum Gasteiger partial charge on any atom is 0.262 e. The predicted octanol–water partition coefficient (Wildman–Crippen LogP) is 5.60. The van der Waals surface area contributed by atoms with E-state index >= 15 is 0 Å². The second kappa shape index (κ2) is 6.26. The Kier molecular flexibility index (Phi) is 3.94. The number of benzene rings is 3. The second-order valence-electron chi connectivity index (χ2n) is 6.09. The van der Waals surface area contributed by atoms with E-state index in [1.165, 1.54) is 0 Å². The Balaban J connectivity index is 1.85. The highest BCUT2D eigenvalue weighted by Crippen LogP contribution is 2.40. The van der Waals surface area contributed by atoms with Crippen LogP contribution in [0.3, 0.4) is 0 Å². The van der Waals surface area contributed by atoms with Crippen molar-refractivity contribution in [1.29, 1.82) is 0 Å². The SMILES string of the molecule is Cc1ccc2c(c1)N(Cc1cccc(Cl)c1)C(=O)c1ccccc1O2. The van der Waals surface area contributed by atoms with Gasteiger partial charge in [-0.2, -0.15) is 0 Å². The molecule has 1 aliphatic rings. The second-order valence-corrected chi connectivity index (χ2v) is 6.53. The van der Waals surface area contributed by atoms with Gasteiger partial charge in [0, 0.05) is 5.02 Å². The molecule has 0 bridgehead atoms. The summed E-state index contributed by atoms with van der Waals surface area (Å²) in [5.74, 6) is 1.16. The molecule has 1 aliphatic heterocycles. The zero-order valence-electron chi connectivity index (χ0n) is 13.7. The summed E-state index contributed by atoms with van der Waals surface area (Å²) in [4.78, 5) is 15.0. The summed E-state index contributed by atoms with van der Waals surface area (Å²) < 4.78 is 6.03. The normalized spacial score (nSPS) is 12.9. The molecule has 4 heteroatoms. The molecule has 0 saturated heterocycles. The average Bonchev–Trinajstić information content (AvgIpc) is 2.71. The number of hydrogen-bond acceptors (Lipinski definition) is 2. The first kappa shape index (κ1) is 15.7. The highest BCUT2D eigenvalue weighted by molar-refractivity contribution is 6.30. The van der Waals surface area contributed by atoms with Crippen LogP contribution in [0.5, 0.6) is 11.5 Å². The Bertz CT molecular complexity index is 968. The van der Waals surface area contributed by atoms with Gasteiger partial charge >= 0.3 is 0 Å². The van der Waals surface area contributed by atoms with Gasteiger partial charge in [-0.25, -0.2) is 0 Å². The summed E-state index contributed by atoms with van der Waals surface area (Å²) in [6.45, 7) is 2.42. The van der Waals surface area contributed by atoms with Gasteiger partial charge in [-0.05, 0) is 54.4 Å². The third-order valence-corrected chi connectivity index (χ3v) is 4.45. The minimum atomic E-state index is -0.0834. The number of ether oxygens (including phenoxy) is 1. The summed E-state index contributed by atoms with van der Waals surface area (Å²) >= 11 is 6.11. The number of carbonyl (C=O) groups is 1. The Hall–Kier alpha value is -2.78. The first-order chi connectivity index (χ1) is 12.1. The van der Waals surface area contributed by atoms with E-state index in [4.69, 9.17) is 16.3 Å². The molecule has 0 atom stereocenters. The van der Waals surface area contributed by atoms with Crippen molar-refractivity contribution in [1.82, 2.24) is 0 Å². The van der Waals surface area contributed by atoms with Gasteiger partial charge in [-0.1, -0.05) is 41.9 Å². The molecule has 4 rings (SSSR count). The van der Waals surface area contributed by atoms with Crippen LogP contribution in [0.15, 0.2) is 66.7 Å². The van der Waals surface area contributed by atoms with Gasteiger partial charge in [0.05, 0.1) is 17.8 Å². The molecule has 0 N–H and O–H groups in total. The number of para-hydroxylation sites is 1. The van der Waals surface area contributed by atoms with E-state index in [9.17, 15) is 4.79 Å². The lowest BCUT2D eigenvalue weighted by Gasteiger charge is -2.22. The summed E-state index contributed by atoms with van der Waals surface area (Å²) in [5.41, 5.74) is 3.35. The monoisotopic (exact) mass is 349 g/mol. The number of fused-ring (bicyclic) bond motifs is 2. The predicted molar refractivity (Wildman–Crippen MR) is 99.7 cm³/mol. The van der Waals surface area contributed by atoms with Gasteiger partial charge in [0.1, 0.15) is 5.75 Å². The molecule has 0 spiro atoms. The molecule has 3 nitrogen and oxygen atoms in total. The van der Waals surface area contributed by atoms with Gasteiger partial charge in [0.15, 0.2) is 5.75 Å². The first-order valence-corrected chi connectivity index (χ1v) is 8.43. The number of anilines is 1. The van der Waals surface area contributed by atoms with Crippen molar-refractivity contribution >= 4 is 23.2 Å². The molecule has 3 aromatic rings. The zero-order chi connectivity index (χ0) is 17.4. The van der Waals surface area contributed by atoms with Crippen molar-refractivity contribution in [3.8, 4) is 11.5 Å². The molecular weight excluding hydrogens is 334 g/mol. The summed E-state index contributed by atoms with van der Waals surface area (Å²) in [6, 6.07) is 20.7. The molecule has 1 amide bonds. The number of rotatable bonds is 2. The summed E-state index contributed by atoms with van der Waals surface area (Å²) in [7, 11) is 0. The Morgan fingerprint density at radius 1 is 0.960 bits per heavy atom. The molecule has 1 heterocycles. The van der Waals surface area contributed by atoms with Gasteiger partial charge in [0.25, 0.3) is 5.91 Å². The van der Waals surface area contributed by atoms with E-state index in [0.29, 0.717) is 28.6 Å². The molecular formula is C21H16ClNO2. The van der Waals surface area contributed by atoms with Crippen LogP contribution in [-0.4, -0.2) is 5.91 Å². The molecule has 124 valence electrons. The van der Waals surface area contributed by atoms with Crippen molar-refractivity contribution in [2.75, 3.05) is 4.90 Å². The summed E-state index contributed by atoms with van der Waals surface area (Å²) in [5, 5.41) is 0.654. The number of nitrogens with zero attached hydrogens (tertiary/aromatic N) is 1. The van der Waals surface area contributed by atoms with E-state index in [1.54, 1.807) is 11.0 Å². The smallest absolute Gasteiger partial charge is 0.262 e. The molecule has 0 aliphatic carbocycles. The molecule has 0 radical (unpaired) electrons. The standard InChI is InChI=1S/C21H16ClNO2/c1-14-9-10-20-18(11-14)23(13-15-5-4-6-16(22)12-15)21(24)17-7-2-3-8-19(17)25-20/h2-12H,13H2,1H3. The fourth-order valence-electron chi connectivity index (χ4n) is 3.01. The van der Waals surface area contributed by atoms with Gasteiger partial charge < -0.3 is 9.64 Å². The van der Waals surface area contributed by atoms with Crippen LogP contribution in [0.2, 0.25) is 5.02 Å².